The molecule has 1 aromatic rings. The fourth-order valence-corrected chi connectivity index (χ4v) is 2.18. The molecule has 0 aromatic heterocycles. The van der Waals surface area contributed by atoms with E-state index in [1.807, 2.05) is 0 Å². The lowest BCUT2D eigenvalue weighted by Gasteiger charge is -2.21. The summed E-state index contributed by atoms with van der Waals surface area (Å²) in [5.74, 6) is 0.656. The SMILES string of the molecule is C=C[C@H]1CCN(c2cccc(N(C)C)c2)C1. The fourth-order valence-electron chi connectivity index (χ4n) is 2.18. The van der Waals surface area contributed by atoms with Gasteiger partial charge in [0.2, 0.25) is 0 Å². The maximum Gasteiger partial charge on any atom is 0.0387 e. The van der Waals surface area contributed by atoms with E-state index < -0.39 is 0 Å². The monoisotopic (exact) mass is 216 g/mol. The molecule has 2 rings (SSSR count). The molecule has 1 aliphatic rings. The molecule has 0 aliphatic carbocycles. The van der Waals surface area contributed by atoms with E-state index in [-0.39, 0.29) is 0 Å². The van der Waals surface area contributed by atoms with Gasteiger partial charge < -0.3 is 9.80 Å². The minimum atomic E-state index is 0.656. The van der Waals surface area contributed by atoms with Crippen LogP contribution < -0.4 is 9.80 Å². The van der Waals surface area contributed by atoms with Crippen molar-refractivity contribution in [3.05, 3.63) is 36.9 Å². The smallest absolute Gasteiger partial charge is 0.0387 e. The molecule has 16 heavy (non-hydrogen) atoms. The van der Waals surface area contributed by atoms with E-state index in [1.165, 1.54) is 17.8 Å². The first-order chi connectivity index (χ1) is 7.70. The summed E-state index contributed by atoms with van der Waals surface area (Å²) in [6.45, 7) is 6.14. The van der Waals surface area contributed by atoms with E-state index in [1.54, 1.807) is 0 Å². The Morgan fingerprint density at radius 1 is 1.44 bits per heavy atom. The Kier molecular flexibility index (Phi) is 3.18. The van der Waals surface area contributed by atoms with E-state index in [9.17, 15) is 0 Å². The second-order valence-corrected chi connectivity index (χ2v) is 4.64. The van der Waals surface area contributed by atoms with Crippen molar-refractivity contribution in [3.8, 4) is 0 Å². The van der Waals surface area contributed by atoms with Crippen molar-refractivity contribution < 1.29 is 0 Å². The highest BCUT2D eigenvalue weighted by Crippen LogP contribution is 2.27. The summed E-state index contributed by atoms with van der Waals surface area (Å²) in [5.41, 5.74) is 2.59. The highest BCUT2D eigenvalue weighted by atomic mass is 15.2. The quantitative estimate of drug-likeness (QED) is 0.717. The zero-order valence-electron chi connectivity index (χ0n) is 10.2. The Hall–Kier alpha value is -1.44. The summed E-state index contributed by atoms with van der Waals surface area (Å²) in [6, 6.07) is 8.72. The molecule has 2 nitrogen and oxygen atoms in total. The predicted molar refractivity (Wildman–Crippen MR) is 71.3 cm³/mol. The molecule has 2 heteroatoms. The number of hydrogen-bond acceptors (Lipinski definition) is 2. The third-order valence-corrected chi connectivity index (χ3v) is 3.27. The molecular weight excluding hydrogens is 196 g/mol. The molecule has 0 radical (unpaired) electrons. The first-order valence-corrected chi connectivity index (χ1v) is 5.85. The van der Waals surface area contributed by atoms with Gasteiger partial charge in [-0.15, -0.1) is 6.58 Å². The molecule has 86 valence electrons. The molecule has 0 spiro atoms. The summed E-state index contributed by atoms with van der Waals surface area (Å²) in [4.78, 5) is 4.59. The van der Waals surface area contributed by atoms with Crippen molar-refractivity contribution in [1.29, 1.82) is 0 Å². The van der Waals surface area contributed by atoms with Gasteiger partial charge in [-0.1, -0.05) is 12.1 Å². The molecule has 1 fully saturated rings. The highest BCUT2D eigenvalue weighted by Gasteiger charge is 2.20. The van der Waals surface area contributed by atoms with Crippen LogP contribution in [0, 0.1) is 5.92 Å². The van der Waals surface area contributed by atoms with E-state index >= 15 is 0 Å². The van der Waals surface area contributed by atoms with Crippen molar-refractivity contribution >= 4 is 11.4 Å². The molecule has 1 atom stereocenters. The number of rotatable bonds is 3. The van der Waals surface area contributed by atoms with Crippen molar-refractivity contribution in [1.82, 2.24) is 0 Å². The van der Waals surface area contributed by atoms with Crippen LogP contribution >= 0.6 is 0 Å². The molecule has 0 N–H and O–H groups in total. The second kappa shape index (κ2) is 4.60. The van der Waals surface area contributed by atoms with Crippen molar-refractivity contribution in [3.63, 3.8) is 0 Å². The number of nitrogens with zero attached hydrogens (tertiary/aromatic N) is 2. The number of anilines is 2. The molecule has 1 saturated heterocycles. The molecule has 0 unspecified atom stereocenters. The Balaban J connectivity index is 2.15. The van der Waals surface area contributed by atoms with Gasteiger partial charge in [0.1, 0.15) is 0 Å². The second-order valence-electron chi connectivity index (χ2n) is 4.64. The summed E-state index contributed by atoms with van der Waals surface area (Å²) < 4.78 is 0. The van der Waals surface area contributed by atoms with E-state index in [0.29, 0.717) is 5.92 Å². The highest BCUT2D eigenvalue weighted by molar-refractivity contribution is 5.59. The molecule has 1 aromatic carbocycles. The van der Waals surface area contributed by atoms with Crippen LogP contribution in [0.15, 0.2) is 36.9 Å². The van der Waals surface area contributed by atoms with Gasteiger partial charge in [-0.2, -0.15) is 0 Å². The van der Waals surface area contributed by atoms with E-state index in [0.717, 1.165) is 13.1 Å². The topological polar surface area (TPSA) is 6.48 Å². The van der Waals surface area contributed by atoms with E-state index in [2.05, 4.69) is 60.8 Å². The van der Waals surface area contributed by atoms with Gasteiger partial charge in [0.25, 0.3) is 0 Å². The third-order valence-electron chi connectivity index (χ3n) is 3.27. The minimum Gasteiger partial charge on any atom is -0.378 e. The maximum absolute atomic E-state index is 3.88. The fraction of sp³-hybridized carbons (Fsp3) is 0.429. The maximum atomic E-state index is 3.88. The zero-order valence-corrected chi connectivity index (χ0v) is 10.2. The third kappa shape index (κ3) is 2.21. The molecule has 1 aliphatic heterocycles. The summed E-state index contributed by atoms with van der Waals surface area (Å²) in [7, 11) is 4.16. The summed E-state index contributed by atoms with van der Waals surface area (Å²) in [6.07, 6.45) is 3.31. The predicted octanol–water partition coefficient (Wildman–Crippen LogP) is 2.76. The lowest BCUT2D eigenvalue weighted by molar-refractivity contribution is 0.741. The zero-order chi connectivity index (χ0) is 11.5. The molecule has 0 bridgehead atoms. The van der Waals surface area contributed by atoms with Crippen LogP contribution in [0.2, 0.25) is 0 Å². The average molecular weight is 216 g/mol. The van der Waals surface area contributed by atoms with Gasteiger partial charge >= 0.3 is 0 Å². The minimum absolute atomic E-state index is 0.656. The van der Waals surface area contributed by atoms with Gasteiger partial charge in [0.05, 0.1) is 0 Å². The largest absolute Gasteiger partial charge is 0.378 e. The first kappa shape index (κ1) is 11.1. The van der Waals surface area contributed by atoms with Crippen molar-refractivity contribution in [2.24, 2.45) is 5.92 Å². The van der Waals surface area contributed by atoms with Crippen molar-refractivity contribution in [2.75, 3.05) is 37.0 Å². The van der Waals surface area contributed by atoms with Gasteiger partial charge in [-0.05, 0) is 30.5 Å². The average Bonchev–Trinajstić information content (AvgIpc) is 2.77. The molecular formula is C14H20N2. The van der Waals surface area contributed by atoms with Crippen molar-refractivity contribution in [2.45, 2.75) is 6.42 Å². The summed E-state index contributed by atoms with van der Waals surface area (Å²) >= 11 is 0. The lowest BCUT2D eigenvalue weighted by atomic mass is 10.1. The Morgan fingerprint density at radius 3 is 2.88 bits per heavy atom. The Morgan fingerprint density at radius 2 is 2.25 bits per heavy atom. The van der Waals surface area contributed by atoms with E-state index in [4.69, 9.17) is 0 Å². The van der Waals surface area contributed by atoms with Crippen LogP contribution in [0.3, 0.4) is 0 Å². The van der Waals surface area contributed by atoms with Crippen LogP contribution in [-0.2, 0) is 0 Å². The van der Waals surface area contributed by atoms with Gasteiger partial charge in [0.15, 0.2) is 0 Å². The Bertz CT molecular complexity index is 371. The Labute approximate surface area is 98.2 Å². The van der Waals surface area contributed by atoms with Crippen LogP contribution in [-0.4, -0.2) is 27.2 Å². The van der Waals surface area contributed by atoms with Gasteiger partial charge in [-0.25, -0.2) is 0 Å². The van der Waals surface area contributed by atoms with Crippen LogP contribution in [0.25, 0.3) is 0 Å². The van der Waals surface area contributed by atoms with Gasteiger partial charge in [-0.3, -0.25) is 0 Å². The lowest BCUT2D eigenvalue weighted by Crippen LogP contribution is -2.19. The first-order valence-electron chi connectivity index (χ1n) is 5.85. The molecule has 0 saturated carbocycles. The number of hydrogen-bond donors (Lipinski definition) is 0. The summed E-state index contributed by atoms with van der Waals surface area (Å²) in [5, 5.41) is 0. The van der Waals surface area contributed by atoms with Crippen LogP contribution in [0.1, 0.15) is 6.42 Å². The van der Waals surface area contributed by atoms with Crippen LogP contribution in [0.4, 0.5) is 11.4 Å². The standard InChI is InChI=1S/C14H20N2/c1-4-12-8-9-16(11-12)14-7-5-6-13(10-14)15(2)3/h4-7,10,12H,1,8-9,11H2,2-3H3/t12-/m0/s1. The van der Waals surface area contributed by atoms with Crippen LogP contribution in [0.5, 0.6) is 0 Å². The number of benzene rings is 1. The molecule has 1 heterocycles. The molecule has 0 amide bonds. The normalized spacial score (nSPS) is 19.9. The van der Waals surface area contributed by atoms with Gasteiger partial charge in [0, 0.05) is 38.6 Å².